The van der Waals surface area contributed by atoms with Crippen LogP contribution in [-0.4, -0.2) is 46.0 Å². The van der Waals surface area contributed by atoms with Gasteiger partial charge in [0.15, 0.2) is 0 Å². The maximum absolute atomic E-state index is 11.8. The Kier molecular flexibility index (Phi) is 7.38. The first-order valence-electron chi connectivity index (χ1n) is 4.83. The molecule has 0 aliphatic heterocycles. The molecule has 0 aliphatic carbocycles. The predicted molar refractivity (Wildman–Crippen MR) is 58.6 cm³/mol. The van der Waals surface area contributed by atoms with Gasteiger partial charge in [-0.25, -0.2) is 13.1 Å². The first-order chi connectivity index (χ1) is 7.66. The van der Waals surface area contributed by atoms with Gasteiger partial charge in [-0.05, 0) is 6.42 Å². The minimum absolute atomic E-state index is 0.0657. The van der Waals surface area contributed by atoms with Crippen molar-refractivity contribution in [1.82, 2.24) is 4.72 Å². The second-order valence-corrected chi connectivity index (χ2v) is 5.98. The van der Waals surface area contributed by atoms with E-state index in [1.54, 1.807) is 0 Å². The molecule has 1 atom stereocenters. The normalized spacial score (nSPS) is 14.9. The number of ether oxygens (including phenoxy) is 1. The Labute approximate surface area is 104 Å². The number of hydrogen-bond acceptors (Lipinski definition) is 3. The topological polar surface area (TPSA) is 55.4 Å². The van der Waals surface area contributed by atoms with Crippen molar-refractivity contribution in [1.29, 1.82) is 0 Å². The van der Waals surface area contributed by atoms with E-state index in [1.807, 2.05) is 0 Å². The van der Waals surface area contributed by atoms with Crippen LogP contribution in [0.5, 0.6) is 0 Å². The third-order valence-corrected chi connectivity index (χ3v) is 3.46. The third kappa shape index (κ3) is 10.8. The first-order valence-corrected chi connectivity index (χ1v) is 6.92. The van der Waals surface area contributed by atoms with Crippen molar-refractivity contribution in [3.63, 3.8) is 0 Å². The van der Waals surface area contributed by atoms with Crippen LogP contribution < -0.4 is 4.72 Å². The zero-order chi connectivity index (χ0) is 13.5. The van der Waals surface area contributed by atoms with E-state index >= 15 is 0 Å². The molecule has 0 aromatic heterocycles. The van der Waals surface area contributed by atoms with Crippen molar-refractivity contribution in [3.05, 3.63) is 0 Å². The Morgan fingerprint density at radius 2 is 2.00 bits per heavy atom. The highest BCUT2D eigenvalue weighted by atomic mass is 35.5. The summed E-state index contributed by atoms with van der Waals surface area (Å²) >= 11 is 5.66. The molecule has 0 spiro atoms. The minimum atomic E-state index is -4.33. The van der Waals surface area contributed by atoms with Crippen LogP contribution >= 0.6 is 11.6 Å². The van der Waals surface area contributed by atoms with Crippen molar-refractivity contribution in [3.8, 4) is 0 Å². The molecule has 0 amide bonds. The van der Waals surface area contributed by atoms with Crippen LogP contribution in [0, 0.1) is 0 Å². The van der Waals surface area contributed by atoms with Gasteiger partial charge in [0.25, 0.3) is 0 Å². The van der Waals surface area contributed by atoms with Gasteiger partial charge in [0.1, 0.15) is 0 Å². The number of sulfonamides is 1. The summed E-state index contributed by atoms with van der Waals surface area (Å²) in [5.74, 6) is -0.566. The molecular formula is C8H15ClF3NO3S. The molecule has 0 aromatic carbocycles. The highest BCUT2D eigenvalue weighted by Crippen LogP contribution is 2.21. The fourth-order valence-corrected chi connectivity index (χ4v) is 2.41. The monoisotopic (exact) mass is 297 g/mol. The summed E-state index contributed by atoms with van der Waals surface area (Å²) < 4.78 is 64.7. The molecule has 0 fully saturated rings. The largest absolute Gasteiger partial charge is 0.389 e. The van der Waals surface area contributed by atoms with E-state index in [0.717, 1.165) is 0 Å². The van der Waals surface area contributed by atoms with Crippen LogP contribution in [0.4, 0.5) is 13.2 Å². The van der Waals surface area contributed by atoms with Crippen molar-refractivity contribution in [2.45, 2.75) is 24.4 Å². The SMILES string of the molecule is COCC(Cl)CNS(=O)(=O)CCCC(F)(F)F. The number of alkyl halides is 4. The van der Waals surface area contributed by atoms with Crippen LogP contribution in [0.2, 0.25) is 0 Å². The van der Waals surface area contributed by atoms with Crippen molar-refractivity contribution in [2.24, 2.45) is 0 Å². The lowest BCUT2D eigenvalue weighted by atomic mass is 10.3. The van der Waals surface area contributed by atoms with Gasteiger partial charge in [-0.3, -0.25) is 0 Å². The van der Waals surface area contributed by atoms with Gasteiger partial charge in [-0.1, -0.05) is 0 Å². The van der Waals surface area contributed by atoms with E-state index in [-0.39, 0.29) is 13.2 Å². The van der Waals surface area contributed by atoms with Gasteiger partial charge in [0.2, 0.25) is 10.0 Å². The van der Waals surface area contributed by atoms with Gasteiger partial charge in [-0.15, -0.1) is 11.6 Å². The lowest BCUT2D eigenvalue weighted by Gasteiger charge is -2.11. The second-order valence-electron chi connectivity index (χ2n) is 3.44. The lowest BCUT2D eigenvalue weighted by Crippen LogP contribution is -2.33. The van der Waals surface area contributed by atoms with Gasteiger partial charge in [0, 0.05) is 20.1 Å². The van der Waals surface area contributed by atoms with Gasteiger partial charge in [-0.2, -0.15) is 13.2 Å². The standard InChI is InChI=1S/C8H15ClF3NO3S/c1-16-6-7(9)5-13-17(14,15)4-2-3-8(10,11)12/h7,13H,2-6H2,1H3. The predicted octanol–water partition coefficient (Wildman–Crippen LogP) is 1.50. The van der Waals surface area contributed by atoms with Crippen LogP contribution in [0.3, 0.4) is 0 Å². The summed E-state index contributed by atoms with van der Waals surface area (Å²) in [7, 11) is -2.30. The molecule has 0 saturated heterocycles. The lowest BCUT2D eigenvalue weighted by molar-refractivity contribution is -0.134. The van der Waals surface area contributed by atoms with E-state index in [1.165, 1.54) is 7.11 Å². The van der Waals surface area contributed by atoms with Crippen LogP contribution in [0.1, 0.15) is 12.8 Å². The van der Waals surface area contributed by atoms with E-state index in [2.05, 4.69) is 9.46 Å². The van der Waals surface area contributed by atoms with Gasteiger partial charge in [0.05, 0.1) is 17.7 Å². The summed E-state index contributed by atoms with van der Waals surface area (Å²) in [5.41, 5.74) is 0. The number of rotatable bonds is 8. The summed E-state index contributed by atoms with van der Waals surface area (Å²) in [4.78, 5) is 0. The molecule has 0 saturated carbocycles. The Morgan fingerprint density at radius 3 is 2.47 bits per heavy atom. The number of methoxy groups -OCH3 is 1. The molecule has 0 aromatic rings. The molecule has 17 heavy (non-hydrogen) atoms. The zero-order valence-corrected chi connectivity index (χ0v) is 10.8. The maximum atomic E-state index is 11.8. The maximum Gasteiger partial charge on any atom is 0.389 e. The molecule has 1 N–H and O–H groups in total. The molecule has 4 nitrogen and oxygen atoms in total. The minimum Gasteiger partial charge on any atom is -0.383 e. The Bertz CT molecular complexity index is 308. The second kappa shape index (κ2) is 7.40. The van der Waals surface area contributed by atoms with E-state index in [9.17, 15) is 21.6 Å². The molecule has 0 radical (unpaired) electrons. The highest BCUT2D eigenvalue weighted by Gasteiger charge is 2.27. The summed E-state index contributed by atoms with van der Waals surface area (Å²) in [6.45, 7) is 0.0936. The fourth-order valence-electron chi connectivity index (χ4n) is 0.992. The highest BCUT2D eigenvalue weighted by molar-refractivity contribution is 7.89. The first kappa shape index (κ1) is 16.9. The van der Waals surface area contributed by atoms with E-state index in [0.29, 0.717) is 0 Å². The van der Waals surface area contributed by atoms with Gasteiger partial charge < -0.3 is 4.74 Å². The number of hydrogen-bond donors (Lipinski definition) is 1. The van der Waals surface area contributed by atoms with Crippen LogP contribution in [0.25, 0.3) is 0 Å². The van der Waals surface area contributed by atoms with Crippen LogP contribution in [0.15, 0.2) is 0 Å². The summed E-state index contributed by atoms with van der Waals surface area (Å²) in [5, 5.41) is -0.544. The van der Waals surface area contributed by atoms with Gasteiger partial charge >= 0.3 is 6.18 Å². The van der Waals surface area contributed by atoms with Crippen molar-refractivity contribution in [2.75, 3.05) is 26.0 Å². The van der Waals surface area contributed by atoms with E-state index in [4.69, 9.17) is 11.6 Å². The molecule has 0 heterocycles. The quantitative estimate of drug-likeness (QED) is 0.691. The smallest absolute Gasteiger partial charge is 0.383 e. The average Bonchev–Trinajstić information content (AvgIpc) is 2.13. The average molecular weight is 298 g/mol. The Hall–Kier alpha value is -0.0500. The molecule has 104 valence electrons. The van der Waals surface area contributed by atoms with Crippen LogP contribution in [-0.2, 0) is 14.8 Å². The molecule has 0 bridgehead atoms. The van der Waals surface area contributed by atoms with Crippen molar-refractivity contribution >= 4 is 21.6 Å². The Balaban J connectivity index is 3.89. The number of nitrogens with one attached hydrogen (secondary N) is 1. The molecule has 0 rings (SSSR count). The van der Waals surface area contributed by atoms with E-state index < -0.39 is 40.2 Å². The summed E-state index contributed by atoms with van der Waals surface area (Å²) in [6, 6.07) is 0. The fraction of sp³-hybridized carbons (Fsp3) is 1.00. The van der Waals surface area contributed by atoms with Crippen molar-refractivity contribution < 1.29 is 26.3 Å². The number of halogens is 4. The molecular weight excluding hydrogens is 283 g/mol. The molecule has 1 unspecified atom stereocenters. The molecule has 0 aliphatic rings. The Morgan fingerprint density at radius 1 is 1.41 bits per heavy atom. The summed E-state index contributed by atoms with van der Waals surface area (Å²) in [6.07, 6.45) is -5.91. The zero-order valence-electron chi connectivity index (χ0n) is 9.26. The third-order valence-electron chi connectivity index (χ3n) is 1.75. The molecule has 9 heteroatoms.